The van der Waals surface area contributed by atoms with Gasteiger partial charge in [0.15, 0.2) is 0 Å². The number of carbonyl (C=O) groups excluding carboxylic acids is 1. The van der Waals surface area contributed by atoms with Gasteiger partial charge in [-0.25, -0.2) is 0 Å². The minimum absolute atomic E-state index is 0.0155. The van der Waals surface area contributed by atoms with Crippen LogP contribution in [0.5, 0.6) is 5.75 Å². The van der Waals surface area contributed by atoms with Crippen LogP contribution < -0.4 is 10.1 Å². The molecule has 3 nitrogen and oxygen atoms in total. The van der Waals surface area contributed by atoms with Gasteiger partial charge in [-0.3, -0.25) is 4.79 Å². The fourth-order valence-corrected chi connectivity index (χ4v) is 5.56. The van der Waals surface area contributed by atoms with E-state index in [1.54, 1.807) is 6.07 Å². The molecule has 2 unspecified atom stereocenters. The molecule has 0 saturated heterocycles. The summed E-state index contributed by atoms with van der Waals surface area (Å²) in [5.74, 6) is 0.807. The third-order valence-electron chi connectivity index (χ3n) is 7.42. The molecule has 2 fully saturated rings. The Balaban J connectivity index is 1.27. The summed E-state index contributed by atoms with van der Waals surface area (Å²) in [4.78, 5) is 12.7. The number of rotatable bonds is 3. The first-order valence-electron chi connectivity index (χ1n) is 10.5. The quantitative estimate of drug-likeness (QED) is 0.697. The lowest BCUT2D eigenvalue weighted by molar-refractivity contribution is -0.137. The molecular weight excluding hydrogens is 391 g/mol. The lowest BCUT2D eigenvalue weighted by Crippen LogP contribution is -2.31. The number of amides is 1. The maximum absolute atomic E-state index is 13.0. The van der Waals surface area contributed by atoms with E-state index in [-0.39, 0.29) is 35.2 Å². The Morgan fingerprint density at radius 3 is 2.63 bits per heavy atom. The number of benzene rings is 2. The molecule has 1 spiro atoms. The van der Waals surface area contributed by atoms with Gasteiger partial charge >= 0.3 is 6.18 Å². The molecule has 0 bridgehead atoms. The highest BCUT2D eigenvalue weighted by atomic mass is 19.4. The summed E-state index contributed by atoms with van der Waals surface area (Å²) in [7, 11) is 0. The SMILES string of the molecule is Cc1ccc(NC(=O)[C@@H](C)[C@H]2CC[C@@]34c5ccc(C(F)(F)F)cc5OC3C4C2)cc1. The summed E-state index contributed by atoms with van der Waals surface area (Å²) < 4.78 is 44.9. The van der Waals surface area contributed by atoms with Gasteiger partial charge in [-0.05, 0) is 56.4 Å². The minimum atomic E-state index is -4.36. The molecule has 5 rings (SSSR count). The molecule has 2 aliphatic carbocycles. The molecule has 158 valence electrons. The van der Waals surface area contributed by atoms with Crippen LogP contribution in [0.25, 0.3) is 0 Å². The number of nitrogens with one attached hydrogen (secondary N) is 1. The Morgan fingerprint density at radius 1 is 1.20 bits per heavy atom. The highest BCUT2D eigenvalue weighted by Crippen LogP contribution is 2.70. The van der Waals surface area contributed by atoms with Gasteiger partial charge in [-0.15, -0.1) is 0 Å². The van der Waals surface area contributed by atoms with Crippen LogP contribution in [0.4, 0.5) is 18.9 Å². The number of carbonyl (C=O) groups is 1. The number of ether oxygens (including phenoxy) is 1. The van der Waals surface area contributed by atoms with Crippen LogP contribution in [0.2, 0.25) is 0 Å². The van der Waals surface area contributed by atoms with E-state index in [1.165, 1.54) is 6.07 Å². The minimum Gasteiger partial charge on any atom is -0.489 e. The normalized spacial score (nSPS) is 29.8. The van der Waals surface area contributed by atoms with Gasteiger partial charge < -0.3 is 10.1 Å². The highest BCUT2D eigenvalue weighted by molar-refractivity contribution is 5.92. The number of hydrogen-bond acceptors (Lipinski definition) is 2. The second-order valence-electron chi connectivity index (χ2n) is 9.07. The number of halogens is 3. The molecule has 3 aliphatic rings. The van der Waals surface area contributed by atoms with E-state index in [9.17, 15) is 18.0 Å². The summed E-state index contributed by atoms with van der Waals surface area (Å²) in [5, 5.41) is 3.00. The van der Waals surface area contributed by atoms with Crippen molar-refractivity contribution in [1.29, 1.82) is 0 Å². The van der Waals surface area contributed by atoms with E-state index in [0.717, 1.165) is 42.1 Å². The standard InChI is InChI=1S/C24H24F3NO2/c1-13-3-6-17(7-4-13)28-22(29)14(2)15-9-10-23-18-8-5-16(24(25,26)27)12-20(18)30-21(23)19(23)11-15/h3-8,12,14-15,19,21H,9-11H2,1-2H3,(H,28,29)/t14-,15-,19?,21?,23-/m0/s1. The van der Waals surface area contributed by atoms with Crippen LogP contribution in [0.15, 0.2) is 42.5 Å². The maximum Gasteiger partial charge on any atom is 0.416 e. The molecule has 30 heavy (non-hydrogen) atoms. The first kappa shape index (κ1) is 19.5. The van der Waals surface area contributed by atoms with Crippen LogP contribution in [-0.2, 0) is 16.4 Å². The van der Waals surface area contributed by atoms with Gasteiger partial charge in [0.25, 0.3) is 0 Å². The van der Waals surface area contributed by atoms with Crippen LogP contribution in [0.1, 0.15) is 42.9 Å². The Morgan fingerprint density at radius 2 is 1.93 bits per heavy atom. The zero-order chi connectivity index (χ0) is 21.3. The number of fused-ring (bicyclic) bond motifs is 2. The van der Waals surface area contributed by atoms with E-state index in [1.807, 2.05) is 38.1 Å². The molecule has 1 N–H and O–H groups in total. The fraction of sp³-hybridized carbons (Fsp3) is 0.458. The number of hydrogen-bond donors (Lipinski definition) is 1. The predicted octanol–water partition coefficient (Wildman–Crippen LogP) is 5.72. The summed E-state index contributed by atoms with van der Waals surface area (Å²) >= 11 is 0. The molecule has 5 atom stereocenters. The topological polar surface area (TPSA) is 38.3 Å². The second-order valence-corrected chi connectivity index (χ2v) is 9.07. The van der Waals surface area contributed by atoms with Gasteiger partial charge in [0.2, 0.25) is 5.91 Å². The zero-order valence-electron chi connectivity index (χ0n) is 16.9. The van der Waals surface area contributed by atoms with Gasteiger partial charge in [-0.2, -0.15) is 13.2 Å². The van der Waals surface area contributed by atoms with Gasteiger partial charge in [0, 0.05) is 28.5 Å². The summed E-state index contributed by atoms with van der Waals surface area (Å²) in [6, 6.07) is 11.6. The van der Waals surface area contributed by atoms with Crippen LogP contribution >= 0.6 is 0 Å². The van der Waals surface area contributed by atoms with Crippen LogP contribution in [0, 0.1) is 24.7 Å². The van der Waals surface area contributed by atoms with Crippen molar-refractivity contribution in [2.24, 2.45) is 17.8 Å². The summed E-state index contributed by atoms with van der Waals surface area (Å²) in [6.07, 6.45) is -1.81. The number of aryl methyl sites for hydroxylation is 1. The van der Waals surface area contributed by atoms with Crippen molar-refractivity contribution in [1.82, 2.24) is 0 Å². The van der Waals surface area contributed by atoms with E-state index >= 15 is 0 Å². The monoisotopic (exact) mass is 415 g/mol. The average molecular weight is 415 g/mol. The van der Waals surface area contributed by atoms with Crippen molar-refractivity contribution in [2.45, 2.75) is 50.8 Å². The average Bonchev–Trinajstić information content (AvgIpc) is 3.23. The second kappa shape index (κ2) is 6.50. The molecule has 2 saturated carbocycles. The third kappa shape index (κ3) is 2.91. The van der Waals surface area contributed by atoms with Gasteiger partial charge in [-0.1, -0.05) is 30.7 Å². The first-order valence-corrected chi connectivity index (χ1v) is 10.5. The third-order valence-corrected chi connectivity index (χ3v) is 7.42. The van der Waals surface area contributed by atoms with E-state index in [0.29, 0.717) is 5.75 Å². The van der Waals surface area contributed by atoms with E-state index in [4.69, 9.17) is 4.74 Å². The summed E-state index contributed by atoms with van der Waals surface area (Å²) in [5.41, 5.74) is 2.04. The van der Waals surface area contributed by atoms with E-state index < -0.39 is 11.7 Å². The molecule has 0 aromatic heterocycles. The van der Waals surface area contributed by atoms with Crippen molar-refractivity contribution in [2.75, 3.05) is 5.32 Å². The molecular formula is C24H24F3NO2. The zero-order valence-corrected chi connectivity index (χ0v) is 16.9. The maximum atomic E-state index is 13.0. The molecule has 1 heterocycles. The smallest absolute Gasteiger partial charge is 0.416 e. The number of alkyl halides is 3. The van der Waals surface area contributed by atoms with Crippen molar-refractivity contribution in [3.05, 3.63) is 59.2 Å². The summed E-state index contributed by atoms with van der Waals surface area (Å²) in [6.45, 7) is 3.97. The van der Waals surface area contributed by atoms with Crippen LogP contribution in [-0.4, -0.2) is 12.0 Å². The lowest BCUT2D eigenvalue weighted by atomic mass is 9.73. The fourth-order valence-electron chi connectivity index (χ4n) is 5.56. The molecule has 2 aromatic carbocycles. The molecule has 0 radical (unpaired) electrons. The molecule has 1 amide bonds. The Kier molecular flexibility index (Phi) is 4.21. The van der Waals surface area contributed by atoms with Crippen molar-refractivity contribution in [3.63, 3.8) is 0 Å². The largest absolute Gasteiger partial charge is 0.489 e. The lowest BCUT2D eigenvalue weighted by Gasteiger charge is -2.31. The number of anilines is 1. The highest BCUT2D eigenvalue weighted by Gasteiger charge is 2.73. The Hall–Kier alpha value is -2.50. The van der Waals surface area contributed by atoms with Crippen LogP contribution in [0.3, 0.4) is 0 Å². The van der Waals surface area contributed by atoms with Gasteiger partial charge in [0.05, 0.1) is 5.56 Å². The molecule has 6 heteroatoms. The van der Waals surface area contributed by atoms with Gasteiger partial charge in [0.1, 0.15) is 11.9 Å². The van der Waals surface area contributed by atoms with Crippen molar-refractivity contribution >= 4 is 11.6 Å². The first-order chi connectivity index (χ1) is 14.2. The Labute approximate surface area is 173 Å². The van der Waals surface area contributed by atoms with E-state index in [2.05, 4.69) is 5.32 Å². The predicted molar refractivity (Wildman–Crippen MR) is 107 cm³/mol. The molecule has 1 aliphatic heterocycles. The van der Waals surface area contributed by atoms with Crippen molar-refractivity contribution in [3.8, 4) is 5.75 Å². The molecule has 2 aromatic rings. The Bertz CT molecular complexity index is 1000. The van der Waals surface area contributed by atoms with Crippen molar-refractivity contribution < 1.29 is 22.7 Å².